The molecule has 2 unspecified atom stereocenters. The molecule has 1 aliphatic carbocycles. The van der Waals surface area contributed by atoms with Gasteiger partial charge in [-0.2, -0.15) is 0 Å². The summed E-state index contributed by atoms with van der Waals surface area (Å²) in [6.07, 6.45) is 8.10. The molecule has 3 N–H and O–H groups in total. The molecule has 2 fully saturated rings. The number of piperidine rings is 1. The molecule has 21 heavy (non-hydrogen) atoms. The van der Waals surface area contributed by atoms with Crippen molar-refractivity contribution in [3.05, 3.63) is 17.7 Å². The zero-order valence-electron chi connectivity index (χ0n) is 12.4. The van der Waals surface area contributed by atoms with Crippen molar-refractivity contribution in [3.8, 4) is 0 Å². The third-order valence-corrected chi connectivity index (χ3v) is 5.45. The zero-order valence-corrected chi connectivity index (χ0v) is 12.4. The van der Waals surface area contributed by atoms with E-state index in [1.54, 1.807) is 0 Å². The third-order valence-electron chi connectivity index (χ3n) is 5.45. The average Bonchev–Trinajstić information content (AvgIpc) is 2.95. The first-order chi connectivity index (χ1) is 10.2. The van der Waals surface area contributed by atoms with E-state index in [0.717, 1.165) is 30.3 Å². The summed E-state index contributed by atoms with van der Waals surface area (Å²) in [7, 11) is 0. The Morgan fingerprint density at radius 1 is 1.14 bits per heavy atom. The van der Waals surface area contributed by atoms with Gasteiger partial charge in [0.1, 0.15) is 0 Å². The molecule has 1 saturated heterocycles. The highest BCUT2D eigenvalue weighted by atomic mass is 16.1. The normalized spacial score (nSPS) is 28.0. The Hall–Kier alpha value is -1.71. The minimum absolute atomic E-state index is 0.100. The highest BCUT2D eigenvalue weighted by Gasteiger charge is 2.36. The molecule has 2 heterocycles. The van der Waals surface area contributed by atoms with Gasteiger partial charge >= 0.3 is 0 Å². The zero-order chi connectivity index (χ0) is 14.4. The standard InChI is InChI=1S/C17H23N3O/c18-13-10-14-12(6-7-17(21)19-14)9-16(13)20-8-2-4-11-3-1-5-15(11)20/h9-11,15H,1-8,18H2,(H,19,21). The number of amides is 1. The monoisotopic (exact) mass is 285 g/mol. The fourth-order valence-corrected chi connectivity index (χ4v) is 4.43. The minimum Gasteiger partial charge on any atom is -0.397 e. The van der Waals surface area contributed by atoms with Crippen LogP contribution in [0.2, 0.25) is 0 Å². The van der Waals surface area contributed by atoms with Crippen LogP contribution >= 0.6 is 0 Å². The lowest BCUT2D eigenvalue weighted by Crippen LogP contribution is -2.43. The minimum atomic E-state index is 0.100. The number of benzene rings is 1. The SMILES string of the molecule is Nc1cc2c(cc1N1CCCC3CCCC31)CCC(=O)N2. The van der Waals surface area contributed by atoms with Gasteiger partial charge in [-0.05, 0) is 55.7 Å². The van der Waals surface area contributed by atoms with E-state index in [9.17, 15) is 4.79 Å². The Morgan fingerprint density at radius 3 is 2.90 bits per heavy atom. The molecule has 1 aromatic carbocycles. The van der Waals surface area contributed by atoms with E-state index in [1.165, 1.54) is 43.4 Å². The van der Waals surface area contributed by atoms with Crippen LogP contribution in [0, 0.1) is 5.92 Å². The van der Waals surface area contributed by atoms with Crippen molar-refractivity contribution < 1.29 is 4.79 Å². The van der Waals surface area contributed by atoms with Crippen LogP contribution in [0.25, 0.3) is 0 Å². The van der Waals surface area contributed by atoms with Crippen LogP contribution in [0.1, 0.15) is 44.1 Å². The van der Waals surface area contributed by atoms with Gasteiger partial charge in [0, 0.05) is 24.7 Å². The summed E-state index contributed by atoms with van der Waals surface area (Å²) in [5.41, 5.74) is 10.5. The van der Waals surface area contributed by atoms with E-state index in [1.807, 2.05) is 6.07 Å². The molecule has 0 radical (unpaired) electrons. The fourth-order valence-electron chi connectivity index (χ4n) is 4.43. The van der Waals surface area contributed by atoms with Crippen molar-refractivity contribution in [1.29, 1.82) is 0 Å². The number of anilines is 3. The number of nitrogens with two attached hydrogens (primary N) is 1. The topological polar surface area (TPSA) is 58.4 Å². The lowest BCUT2D eigenvalue weighted by molar-refractivity contribution is -0.116. The number of fused-ring (bicyclic) bond motifs is 2. The van der Waals surface area contributed by atoms with Crippen molar-refractivity contribution in [3.63, 3.8) is 0 Å². The Kier molecular flexibility index (Phi) is 3.05. The van der Waals surface area contributed by atoms with Gasteiger partial charge in [0.25, 0.3) is 0 Å². The maximum atomic E-state index is 11.5. The van der Waals surface area contributed by atoms with Crippen LogP contribution in [-0.2, 0) is 11.2 Å². The van der Waals surface area contributed by atoms with Crippen LogP contribution in [0.3, 0.4) is 0 Å². The maximum absolute atomic E-state index is 11.5. The van der Waals surface area contributed by atoms with Gasteiger partial charge in [-0.25, -0.2) is 0 Å². The van der Waals surface area contributed by atoms with Crippen molar-refractivity contribution in [2.75, 3.05) is 22.5 Å². The van der Waals surface area contributed by atoms with Gasteiger partial charge in [-0.3, -0.25) is 4.79 Å². The molecular formula is C17H23N3O. The number of hydrogen-bond donors (Lipinski definition) is 2. The van der Waals surface area contributed by atoms with Crippen LogP contribution < -0.4 is 16.0 Å². The van der Waals surface area contributed by atoms with Crippen molar-refractivity contribution in [1.82, 2.24) is 0 Å². The van der Waals surface area contributed by atoms with Gasteiger partial charge in [0.2, 0.25) is 5.91 Å². The summed E-state index contributed by atoms with van der Waals surface area (Å²) in [4.78, 5) is 14.1. The Morgan fingerprint density at radius 2 is 2.00 bits per heavy atom. The van der Waals surface area contributed by atoms with E-state index < -0.39 is 0 Å². The summed E-state index contributed by atoms with van der Waals surface area (Å²) in [6.45, 7) is 1.12. The number of rotatable bonds is 1. The van der Waals surface area contributed by atoms with E-state index in [2.05, 4.69) is 16.3 Å². The van der Waals surface area contributed by atoms with Gasteiger partial charge in [0.15, 0.2) is 0 Å². The number of carbonyl (C=O) groups is 1. The highest BCUT2D eigenvalue weighted by molar-refractivity contribution is 5.95. The average molecular weight is 285 g/mol. The second kappa shape index (κ2) is 4.93. The number of aryl methyl sites for hydroxylation is 1. The molecule has 0 spiro atoms. The number of hydrogen-bond acceptors (Lipinski definition) is 3. The molecule has 2 atom stereocenters. The lowest BCUT2D eigenvalue weighted by atomic mass is 9.90. The van der Waals surface area contributed by atoms with Gasteiger partial charge in [-0.1, -0.05) is 6.42 Å². The largest absolute Gasteiger partial charge is 0.397 e. The second-order valence-electron chi connectivity index (χ2n) is 6.71. The lowest BCUT2D eigenvalue weighted by Gasteiger charge is -2.40. The number of nitrogens with zero attached hydrogens (tertiary/aromatic N) is 1. The first kappa shape index (κ1) is 13.0. The Bertz CT molecular complexity index is 584. The van der Waals surface area contributed by atoms with Gasteiger partial charge in [-0.15, -0.1) is 0 Å². The summed E-state index contributed by atoms with van der Waals surface area (Å²) >= 11 is 0. The summed E-state index contributed by atoms with van der Waals surface area (Å²) < 4.78 is 0. The number of nitrogens with one attached hydrogen (secondary N) is 1. The molecule has 4 heteroatoms. The maximum Gasteiger partial charge on any atom is 0.224 e. The summed E-state index contributed by atoms with van der Waals surface area (Å²) in [6, 6.07) is 4.86. The van der Waals surface area contributed by atoms with Crippen LogP contribution in [0.15, 0.2) is 12.1 Å². The van der Waals surface area contributed by atoms with Crippen LogP contribution in [-0.4, -0.2) is 18.5 Å². The summed E-state index contributed by atoms with van der Waals surface area (Å²) in [5.74, 6) is 0.956. The predicted molar refractivity (Wildman–Crippen MR) is 85.5 cm³/mol. The fraction of sp³-hybridized carbons (Fsp3) is 0.588. The molecule has 4 nitrogen and oxygen atoms in total. The smallest absolute Gasteiger partial charge is 0.224 e. The van der Waals surface area contributed by atoms with Crippen LogP contribution in [0.5, 0.6) is 0 Å². The molecule has 1 amide bonds. The molecular weight excluding hydrogens is 262 g/mol. The third kappa shape index (κ3) is 2.17. The number of carbonyl (C=O) groups excluding carboxylic acids is 1. The molecule has 0 bridgehead atoms. The molecule has 2 aliphatic heterocycles. The van der Waals surface area contributed by atoms with E-state index in [-0.39, 0.29) is 5.91 Å². The molecule has 4 rings (SSSR count). The predicted octanol–water partition coefficient (Wildman–Crippen LogP) is 2.92. The van der Waals surface area contributed by atoms with Gasteiger partial charge < -0.3 is 16.0 Å². The Balaban J connectivity index is 1.70. The quantitative estimate of drug-likeness (QED) is 0.780. The van der Waals surface area contributed by atoms with E-state index in [4.69, 9.17) is 5.73 Å². The molecule has 0 aromatic heterocycles. The summed E-state index contributed by atoms with van der Waals surface area (Å²) in [5, 5.41) is 2.94. The molecule has 112 valence electrons. The van der Waals surface area contributed by atoms with E-state index >= 15 is 0 Å². The Labute approximate surface area is 125 Å². The van der Waals surface area contributed by atoms with E-state index in [0.29, 0.717) is 12.5 Å². The molecule has 1 aromatic rings. The van der Waals surface area contributed by atoms with Crippen LogP contribution in [0.4, 0.5) is 17.1 Å². The first-order valence-corrected chi connectivity index (χ1v) is 8.21. The molecule has 1 saturated carbocycles. The second-order valence-corrected chi connectivity index (χ2v) is 6.71. The number of nitrogen functional groups attached to an aromatic ring is 1. The molecule has 3 aliphatic rings. The van der Waals surface area contributed by atoms with Crippen molar-refractivity contribution in [2.45, 2.75) is 51.0 Å². The van der Waals surface area contributed by atoms with Crippen molar-refractivity contribution in [2.24, 2.45) is 5.92 Å². The van der Waals surface area contributed by atoms with Gasteiger partial charge in [0.05, 0.1) is 11.4 Å². The first-order valence-electron chi connectivity index (χ1n) is 8.21. The highest BCUT2D eigenvalue weighted by Crippen LogP contribution is 2.42. The van der Waals surface area contributed by atoms with Crippen molar-refractivity contribution >= 4 is 23.0 Å².